The molecule has 0 aliphatic rings. The number of halogens is 1. The Morgan fingerprint density at radius 1 is 1.58 bits per heavy atom. The third-order valence-electron chi connectivity index (χ3n) is 3.00. The van der Waals surface area contributed by atoms with Crippen LogP contribution in [0, 0.1) is 10.6 Å². The van der Waals surface area contributed by atoms with Crippen molar-refractivity contribution < 1.29 is 13.9 Å². The summed E-state index contributed by atoms with van der Waals surface area (Å²) in [6.45, 7) is 1.72. The molecule has 0 radical (unpaired) electrons. The number of carbonyl (C=O) groups excluding carboxylic acids is 1. The molecular formula is C12H14FN3O2S. The van der Waals surface area contributed by atoms with Gasteiger partial charge in [0, 0.05) is 19.2 Å². The van der Waals surface area contributed by atoms with E-state index in [0.717, 1.165) is 0 Å². The molecule has 0 aliphatic carbocycles. The summed E-state index contributed by atoms with van der Waals surface area (Å²) in [5, 5.41) is 2.56. The van der Waals surface area contributed by atoms with Gasteiger partial charge in [0.05, 0.1) is 18.1 Å². The van der Waals surface area contributed by atoms with Crippen molar-refractivity contribution in [1.29, 1.82) is 0 Å². The molecule has 19 heavy (non-hydrogen) atoms. The molecule has 0 aliphatic heterocycles. The van der Waals surface area contributed by atoms with E-state index in [9.17, 15) is 9.18 Å². The van der Waals surface area contributed by atoms with Gasteiger partial charge in [0.1, 0.15) is 6.04 Å². The predicted octanol–water partition coefficient (Wildman–Crippen LogP) is 2.15. The summed E-state index contributed by atoms with van der Waals surface area (Å²) in [4.78, 5) is 14.6. The van der Waals surface area contributed by atoms with E-state index in [4.69, 9.17) is 17.0 Å². The van der Waals surface area contributed by atoms with Crippen LogP contribution >= 0.6 is 12.2 Å². The Morgan fingerprint density at radius 3 is 2.84 bits per heavy atom. The van der Waals surface area contributed by atoms with Gasteiger partial charge in [0.2, 0.25) is 5.91 Å². The maximum atomic E-state index is 13.6. The number of ether oxygens (including phenoxy) is 1. The fourth-order valence-electron chi connectivity index (χ4n) is 1.99. The number of likely N-dealkylation sites (N-methyl/N-ethyl adjacent to an activating group) is 1. The van der Waals surface area contributed by atoms with Crippen LogP contribution in [-0.4, -0.2) is 29.6 Å². The molecule has 0 saturated carbocycles. The van der Waals surface area contributed by atoms with E-state index in [1.807, 2.05) is 0 Å². The van der Waals surface area contributed by atoms with Crippen LogP contribution in [0.3, 0.4) is 0 Å². The Hall–Kier alpha value is -1.89. The van der Waals surface area contributed by atoms with Crippen LogP contribution in [0.5, 0.6) is 5.75 Å². The van der Waals surface area contributed by atoms with Crippen molar-refractivity contribution >= 4 is 29.2 Å². The molecular weight excluding hydrogens is 269 g/mol. The predicted molar refractivity (Wildman–Crippen MR) is 72.4 cm³/mol. The number of H-pyrrole nitrogens is 1. The van der Waals surface area contributed by atoms with Gasteiger partial charge in [-0.05, 0) is 19.1 Å². The molecule has 5 nitrogen and oxygen atoms in total. The van der Waals surface area contributed by atoms with E-state index >= 15 is 0 Å². The highest BCUT2D eigenvalue weighted by Gasteiger charge is 2.18. The average molecular weight is 283 g/mol. The molecule has 1 amide bonds. The summed E-state index contributed by atoms with van der Waals surface area (Å²) in [6.07, 6.45) is 0. The zero-order valence-electron chi connectivity index (χ0n) is 10.8. The zero-order valence-corrected chi connectivity index (χ0v) is 11.6. The number of hydrogen-bond donors (Lipinski definition) is 2. The molecule has 2 N–H and O–H groups in total. The number of hydrogen-bond acceptors (Lipinski definition) is 3. The molecule has 1 unspecified atom stereocenters. The largest absolute Gasteiger partial charge is 0.494 e. The molecule has 102 valence electrons. The van der Waals surface area contributed by atoms with Crippen molar-refractivity contribution in [2.45, 2.75) is 13.0 Å². The lowest BCUT2D eigenvalue weighted by atomic mass is 10.2. The monoisotopic (exact) mass is 283 g/mol. The third kappa shape index (κ3) is 2.21. The number of nitrogens with zero attached hydrogens (tertiary/aromatic N) is 1. The second-order valence-corrected chi connectivity index (χ2v) is 4.48. The van der Waals surface area contributed by atoms with Gasteiger partial charge in [-0.25, -0.2) is 4.39 Å². The van der Waals surface area contributed by atoms with Crippen molar-refractivity contribution in [3.8, 4) is 5.75 Å². The van der Waals surface area contributed by atoms with Crippen molar-refractivity contribution in [3.05, 3.63) is 22.7 Å². The van der Waals surface area contributed by atoms with Gasteiger partial charge in [-0.2, -0.15) is 0 Å². The van der Waals surface area contributed by atoms with Gasteiger partial charge in [0.25, 0.3) is 0 Å². The first-order chi connectivity index (χ1) is 8.99. The summed E-state index contributed by atoms with van der Waals surface area (Å²) in [7, 11) is 2.94. The van der Waals surface area contributed by atoms with Crippen molar-refractivity contribution in [3.63, 3.8) is 0 Å². The van der Waals surface area contributed by atoms with E-state index in [2.05, 4.69) is 10.3 Å². The van der Waals surface area contributed by atoms with Crippen molar-refractivity contribution in [2.24, 2.45) is 0 Å². The summed E-state index contributed by atoms with van der Waals surface area (Å²) < 4.78 is 20.6. The van der Waals surface area contributed by atoms with Crippen LogP contribution in [0.2, 0.25) is 0 Å². The molecule has 0 bridgehead atoms. The lowest BCUT2D eigenvalue weighted by Crippen LogP contribution is -2.27. The summed E-state index contributed by atoms with van der Waals surface area (Å²) in [5.41, 5.74) is 1.15. The second-order valence-electron chi connectivity index (χ2n) is 4.09. The molecule has 2 aromatic rings. The first kappa shape index (κ1) is 13.5. The molecule has 1 aromatic carbocycles. The summed E-state index contributed by atoms with van der Waals surface area (Å²) >= 11 is 5.18. The topological polar surface area (TPSA) is 59.0 Å². The van der Waals surface area contributed by atoms with Crippen molar-refractivity contribution in [1.82, 2.24) is 14.9 Å². The van der Waals surface area contributed by atoms with Crippen LogP contribution in [0.1, 0.15) is 13.0 Å². The molecule has 1 aromatic heterocycles. The standard InChI is InChI=1S/C12H14FN3O2S/c1-6(11(17)14-2)16-9-5-10(18-3)7(13)4-8(9)15-12(16)19/h4-6H,1-3H3,(H,14,17)(H,15,19). The van der Waals surface area contributed by atoms with Crippen LogP contribution in [0.15, 0.2) is 12.1 Å². The fourth-order valence-corrected chi connectivity index (χ4v) is 2.36. The van der Waals surface area contributed by atoms with Gasteiger partial charge < -0.3 is 19.6 Å². The number of benzene rings is 1. The van der Waals surface area contributed by atoms with Gasteiger partial charge in [-0.15, -0.1) is 0 Å². The second kappa shape index (κ2) is 5.00. The zero-order chi connectivity index (χ0) is 14.2. The van der Waals surface area contributed by atoms with Crippen molar-refractivity contribution in [2.75, 3.05) is 14.2 Å². The number of amides is 1. The number of aromatic nitrogens is 2. The highest BCUT2D eigenvalue weighted by atomic mass is 32.1. The van der Waals surface area contributed by atoms with Crippen LogP contribution in [0.25, 0.3) is 11.0 Å². The van der Waals surface area contributed by atoms with Gasteiger partial charge in [-0.3, -0.25) is 4.79 Å². The minimum Gasteiger partial charge on any atom is -0.494 e. The Kier molecular flexibility index (Phi) is 3.57. The molecule has 7 heteroatoms. The van der Waals surface area contributed by atoms with E-state index in [0.29, 0.717) is 15.8 Å². The van der Waals surface area contributed by atoms with Crippen LogP contribution in [-0.2, 0) is 4.79 Å². The van der Waals surface area contributed by atoms with Gasteiger partial charge >= 0.3 is 0 Å². The molecule has 1 heterocycles. The maximum absolute atomic E-state index is 13.6. The van der Waals surface area contributed by atoms with E-state index in [-0.39, 0.29) is 11.7 Å². The number of aromatic amines is 1. The maximum Gasteiger partial charge on any atom is 0.242 e. The fraction of sp³-hybridized carbons (Fsp3) is 0.333. The van der Waals surface area contributed by atoms with Crippen LogP contribution in [0.4, 0.5) is 4.39 Å². The first-order valence-corrected chi connectivity index (χ1v) is 6.09. The van der Waals surface area contributed by atoms with E-state index < -0.39 is 11.9 Å². The number of nitrogens with one attached hydrogen (secondary N) is 2. The molecule has 0 spiro atoms. The Morgan fingerprint density at radius 2 is 2.26 bits per heavy atom. The first-order valence-electron chi connectivity index (χ1n) is 5.69. The number of carbonyl (C=O) groups is 1. The van der Waals surface area contributed by atoms with E-state index in [1.165, 1.54) is 19.2 Å². The lowest BCUT2D eigenvalue weighted by Gasteiger charge is -2.13. The number of imidazole rings is 1. The average Bonchev–Trinajstić information content (AvgIpc) is 2.70. The highest BCUT2D eigenvalue weighted by molar-refractivity contribution is 7.71. The van der Waals surface area contributed by atoms with Gasteiger partial charge in [0.15, 0.2) is 16.3 Å². The smallest absolute Gasteiger partial charge is 0.242 e. The quantitative estimate of drug-likeness (QED) is 0.849. The molecule has 1 atom stereocenters. The Bertz CT molecular complexity index is 692. The SMILES string of the molecule is CNC(=O)C(C)n1c(=S)[nH]c2cc(F)c(OC)cc21. The number of fused-ring (bicyclic) bond motifs is 1. The normalized spacial score (nSPS) is 12.4. The summed E-state index contributed by atoms with van der Waals surface area (Å²) in [6, 6.07) is 2.33. The van der Waals surface area contributed by atoms with Gasteiger partial charge in [-0.1, -0.05) is 0 Å². The third-order valence-corrected chi connectivity index (χ3v) is 3.30. The van der Waals surface area contributed by atoms with E-state index in [1.54, 1.807) is 18.5 Å². The number of rotatable bonds is 3. The summed E-state index contributed by atoms with van der Waals surface area (Å²) in [5.74, 6) is -0.550. The molecule has 0 fully saturated rings. The van der Waals surface area contributed by atoms with Crippen LogP contribution < -0.4 is 10.1 Å². The number of methoxy groups -OCH3 is 1. The minimum absolute atomic E-state index is 0.111. The minimum atomic E-state index is -0.499. The Labute approximate surface area is 114 Å². The molecule has 0 saturated heterocycles. The Balaban J connectivity index is 2.70. The highest BCUT2D eigenvalue weighted by Crippen LogP contribution is 2.26. The molecule has 2 rings (SSSR count). The lowest BCUT2D eigenvalue weighted by molar-refractivity contribution is -0.123.